The molecule has 0 heterocycles. The molecule has 2 aliphatic rings. The third-order valence-electron chi connectivity index (χ3n) is 3.47. The van der Waals surface area contributed by atoms with Crippen molar-refractivity contribution in [1.82, 2.24) is 0 Å². The molecule has 0 amide bonds. The van der Waals surface area contributed by atoms with E-state index >= 15 is 0 Å². The zero-order chi connectivity index (χ0) is 9.42. The maximum absolute atomic E-state index is 11.4. The second kappa shape index (κ2) is 3.13. The molecule has 70 valence electrons. The highest BCUT2D eigenvalue weighted by molar-refractivity contribution is 5.79. The van der Waals surface area contributed by atoms with Gasteiger partial charge < -0.3 is 0 Å². The number of Topliss-reactive ketones (excluding diaryl/α,β-unsaturated/α-hetero) is 1. The van der Waals surface area contributed by atoms with Crippen LogP contribution in [0.2, 0.25) is 0 Å². The van der Waals surface area contributed by atoms with Gasteiger partial charge in [-0.3, -0.25) is 4.79 Å². The van der Waals surface area contributed by atoms with E-state index < -0.39 is 0 Å². The Labute approximate surface area is 79.5 Å². The van der Waals surface area contributed by atoms with Crippen LogP contribution in [-0.2, 0) is 4.79 Å². The van der Waals surface area contributed by atoms with E-state index in [0.29, 0.717) is 17.6 Å². The van der Waals surface area contributed by atoms with Crippen molar-refractivity contribution in [2.24, 2.45) is 17.8 Å². The SMILES string of the molecule is CC(=O)C1CC=C(C)C2C=CCC21. The molecule has 13 heavy (non-hydrogen) atoms. The summed E-state index contributed by atoms with van der Waals surface area (Å²) in [6, 6.07) is 0. The summed E-state index contributed by atoms with van der Waals surface area (Å²) in [5, 5.41) is 0. The van der Waals surface area contributed by atoms with Crippen LogP contribution >= 0.6 is 0 Å². The Morgan fingerprint density at radius 1 is 1.46 bits per heavy atom. The molecule has 2 rings (SSSR count). The van der Waals surface area contributed by atoms with Gasteiger partial charge in [0.1, 0.15) is 5.78 Å². The fraction of sp³-hybridized carbons (Fsp3) is 0.583. The van der Waals surface area contributed by atoms with Crippen molar-refractivity contribution in [3.63, 3.8) is 0 Å². The molecule has 0 aromatic carbocycles. The van der Waals surface area contributed by atoms with E-state index in [1.54, 1.807) is 6.92 Å². The van der Waals surface area contributed by atoms with Gasteiger partial charge in [0.05, 0.1) is 0 Å². The number of carbonyl (C=O) groups is 1. The summed E-state index contributed by atoms with van der Waals surface area (Å²) in [6.45, 7) is 3.91. The Kier molecular flexibility index (Phi) is 2.10. The normalized spacial score (nSPS) is 37.1. The van der Waals surface area contributed by atoms with Crippen molar-refractivity contribution in [2.45, 2.75) is 26.7 Å². The highest BCUT2D eigenvalue weighted by atomic mass is 16.1. The van der Waals surface area contributed by atoms with Crippen molar-refractivity contribution >= 4 is 5.78 Å². The lowest BCUT2D eigenvalue weighted by atomic mass is 9.72. The molecule has 2 aliphatic carbocycles. The monoisotopic (exact) mass is 176 g/mol. The molecule has 0 radical (unpaired) electrons. The second-order valence-corrected chi connectivity index (χ2v) is 4.25. The fourth-order valence-electron chi connectivity index (χ4n) is 2.67. The Bertz CT molecular complexity index is 285. The van der Waals surface area contributed by atoms with Crippen LogP contribution in [0.15, 0.2) is 23.8 Å². The van der Waals surface area contributed by atoms with Crippen LogP contribution in [-0.4, -0.2) is 5.78 Å². The molecule has 0 bridgehead atoms. The Balaban J connectivity index is 2.25. The second-order valence-electron chi connectivity index (χ2n) is 4.25. The van der Waals surface area contributed by atoms with E-state index in [2.05, 4.69) is 25.2 Å². The van der Waals surface area contributed by atoms with Gasteiger partial charge in [0, 0.05) is 11.8 Å². The van der Waals surface area contributed by atoms with Crippen LogP contribution in [0.5, 0.6) is 0 Å². The minimum Gasteiger partial charge on any atom is -0.300 e. The van der Waals surface area contributed by atoms with E-state index in [-0.39, 0.29) is 5.92 Å². The first-order valence-electron chi connectivity index (χ1n) is 5.04. The van der Waals surface area contributed by atoms with Gasteiger partial charge in [-0.2, -0.15) is 0 Å². The van der Waals surface area contributed by atoms with Crippen LogP contribution < -0.4 is 0 Å². The van der Waals surface area contributed by atoms with Crippen LogP contribution in [0.4, 0.5) is 0 Å². The van der Waals surface area contributed by atoms with Gasteiger partial charge in [-0.1, -0.05) is 23.8 Å². The maximum Gasteiger partial charge on any atom is 0.133 e. The van der Waals surface area contributed by atoms with E-state index in [9.17, 15) is 4.79 Å². The summed E-state index contributed by atoms with van der Waals surface area (Å²) in [4.78, 5) is 11.4. The zero-order valence-corrected chi connectivity index (χ0v) is 8.29. The predicted octanol–water partition coefficient (Wildman–Crippen LogP) is 2.73. The third-order valence-corrected chi connectivity index (χ3v) is 3.47. The van der Waals surface area contributed by atoms with E-state index in [0.717, 1.165) is 12.8 Å². The summed E-state index contributed by atoms with van der Waals surface area (Å²) in [5.74, 6) is 1.77. The fourth-order valence-corrected chi connectivity index (χ4v) is 2.67. The van der Waals surface area contributed by atoms with Crippen molar-refractivity contribution in [1.29, 1.82) is 0 Å². The molecule has 0 aromatic heterocycles. The van der Waals surface area contributed by atoms with Gasteiger partial charge in [-0.25, -0.2) is 0 Å². The largest absolute Gasteiger partial charge is 0.300 e. The first-order chi connectivity index (χ1) is 6.20. The Morgan fingerprint density at radius 2 is 2.23 bits per heavy atom. The van der Waals surface area contributed by atoms with Gasteiger partial charge in [0.2, 0.25) is 0 Å². The molecule has 3 atom stereocenters. The molecule has 0 aromatic rings. The van der Waals surface area contributed by atoms with E-state index in [1.165, 1.54) is 5.57 Å². The first kappa shape index (κ1) is 8.74. The number of carbonyl (C=O) groups excluding carboxylic acids is 1. The molecule has 1 nitrogen and oxygen atoms in total. The summed E-state index contributed by atoms with van der Waals surface area (Å²) in [5.41, 5.74) is 1.45. The molecule has 1 heteroatoms. The van der Waals surface area contributed by atoms with Gasteiger partial charge >= 0.3 is 0 Å². The summed E-state index contributed by atoms with van der Waals surface area (Å²) in [7, 11) is 0. The maximum atomic E-state index is 11.4. The van der Waals surface area contributed by atoms with Crippen LogP contribution in [0.3, 0.4) is 0 Å². The molecular weight excluding hydrogens is 160 g/mol. The van der Waals surface area contributed by atoms with Crippen molar-refractivity contribution in [3.8, 4) is 0 Å². The molecule has 0 saturated heterocycles. The summed E-state index contributed by atoms with van der Waals surface area (Å²) >= 11 is 0. The lowest BCUT2D eigenvalue weighted by molar-refractivity contribution is -0.122. The van der Waals surface area contributed by atoms with Crippen LogP contribution in [0, 0.1) is 17.8 Å². The standard InChI is InChI=1S/C12H16O/c1-8-6-7-11(9(2)13)12-5-3-4-10(8)12/h3-4,6,10-12H,5,7H2,1-2H3. The van der Waals surface area contributed by atoms with Gasteiger partial charge in [-0.15, -0.1) is 0 Å². The Hall–Kier alpha value is -0.850. The molecule has 0 saturated carbocycles. The van der Waals surface area contributed by atoms with E-state index in [4.69, 9.17) is 0 Å². The summed E-state index contributed by atoms with van der Waals surface area (Å²) in [6.07, 6.45) is 8.80. The van der Waals surface area contributed by atoms with E-state index in [1.807, 2.05) is 0 Å². The molecule has 0 aliphatic heterocycles. The average molecular weight is 176 g/mol. The van der Waals surface area contributed by atoms with Gasteiger partial charge in [0.15, 0.2) is 0 Å². The van der Waals surface area contributed by atoms with Crippen LogP contribution in [0.25, 0.3) is 0 Å². The molecule has 0 N–H and O–H groups in total. The minimum atomic E-state index is 0.281. The molecule has 0 spiro atoms. The zero-order valence-electron chi connectivity index (χ0n) is 8.29. The first-order valence-corrected chi connectivity index (χ1v) is 5.04. The lowest BCUT2D eigenvalue weighted by Gasteiger charge is -2.31. The molecule has 0 fully saturated rings. The van der Waals surface area contributed by atoms with Crippen molar-refractivity contribution in [3.05, 3.63) is 23.8 Å². The smallest absolute Gasteiger partial charge is 0.133 e. The average Bonchev–Trinajstić information content (AvgIpc) is 2.53. The number of fused-ring (bicyclic) bond motifs is 1. The predicted molar refractivity (Wildman–Crippen MR) is 53.3 cm³/mol. The summed E-state index contributed by atoms with van der Waals surface area (Å²) < 4.78 is 0. The number of ketones is 1. The minimum absolute atomic E-state index is 0.281. The lowest BCUT2D eigenvalue weighted by Crippen LogP contribution is -2.28. The molecular formula is C12H16O. The number of hydrogen-bond donors (Lipinski definition) is 0. The Morgan fingerprint density at radius 3 is 2.92 bits per heavy atom. The number of allylic oxidation sites excluding steroid dienone is 4. The molecule has 3 unspecified atom stereocenters. The number of rotatable bonds is 1. The topological polar surface area (TPSA) is 17.1 Å². The van der Waals surface area contributed by atoms with Crippen LogP contribution in [0.1, 0.15) is 26.7 Å². The van der Waals surface area contributed by atoms with Crippen molar-refractivity contribution < 1.29 is 4.79 Å². The van der Waals surface area contributed by atoms with Crippen molar-refractivity contribution in [2.75, 3.05) is 0 Å². The third kappa shape index (κ3) is 1.37. The quantitative estimate of drug-likeness (QED) is 0.561. The highest BCUT2D eigenvalue weighted by Crippen LogP contribution is 2.42. The van der Waals surface area contributed by atoms with Gasteiger partial charge in [-0.05, 0) is 32.6 Å². The highest BCUT2D eigenvalue weighted by Gasteiger charge is 2.35. The van der Waals surface area contributed by atoms with Gasteiger partial charge in [0.25, 0.3) is 0 Å². The number of hydrogen-bond acceptors (Lipinski definition) is 1.